The number of hydrogen-bond acceptors (Lipinski definition) is 4. The third kappa shape index (κ3) is 2.87. The van der Waals surface area contributed by atoms with Crippen LogP contribution in [0.15, 0.2) is 23.1 Å². The molecule has 0 saturated carbocycles. The molecule has 18 heavy (non-hydrogen) atoms. The van der Waals surface area contributed by atoms with Gasteiger partial charge in [-0.3, -0.25) is 4.68 Å². The van der Waals surface area contributed by atoms with E-state index in [4.69, 9.17) is 16.2 Å². The largest absolute Gasteiger partial charge is 0.323 e. The van der Waals surface area contributed by atoms with Crippen LogP contribution >= 0.6 is 11.6 Å². The van der Waals surface area contributed by atoms with Crippen LogP contribution in [-0.4, -0.2) is 23.5 Å². The lowest BCUT2D eigenvalue weighted by molar-refractivity contribution is 0.564. The van der Waals surface area contributed by atoms with Crippen LogP contribution in [0, 0.1) is 6.92 Å². The van der Waals surface area contributed by atoms with Crippen molar-refractivity contribution in [1.29, 1.82) is 0 Å². The molecule has 2 aromatic rings. The summed E-state index contributed by atoms with van der Waals surface area (Å²) in [4.78, 5) is 4.20. The molecular formula is C10H11ClN4O2S. The van der Waals surface area contributed by atoms with E-state index in [9.17, 15) is 4.21 Å². The van der Waals surface area contributed by atoms with Crippen molar-refractivity contribution < 1.29 is 8.76 Å². The molecule has 0 fully saturated rings. The molecule has 2 N–H and O–H groups in total. The Morgan fingerprint density at radius 1 is 1.39 bits per heavy atom. The van der Waals surface area contributed by atoms with E-state index in [0.717, 1.165) is 5.69 Å². The fourth-order valence-electron chi connectivity index (χ4n) is 1.39. The van der Waals surface area contributed by atoms with Crippen LogP contribution in [-0.2, 0) is 18.1 Å². The number of aryl methyl sites for hydroxylation is 2. The first-order valence-electron chi connectivity index (χ1n) is 5.02. The van der Waals surface area contributed by atoms with Crippen molar-refractivity contribution in [2.24, 2.45) is 7.05 Å². The molecule has 0 radical (unpaired) electrons. The summed E-state index contributed by atoms with van der Waals surface area (Å²) in [5.74, 6) is 0.970. The Bertz CT molecular complexity index is 594. The number of nitrogens with one attached hydrogen (secondary N) is 1. The highest BCUT2D eigenvalue weighted by atomic mass is 35.5. The molecular weight excluding hydrogens is 276 g/mol. The second-order valence-electron chi connectivity index (χ2n) is 3.68. The van der Waals surface area contributed by atoms with Gasteiger partial charge < -0.3 is 9.87 Å². The van der Waals surface area contributed by atoms with E-state index in [-0.39, 0.29) is 10.0 Å². The van der Waals surface area contributed by atoms with Crippen molar-refractivity contribution in [3.63, 3.8) is 0 Å². The summed E-state index contributed by atoms with van der Waals surface area (Å²) in [6.07, 6.45) is 0. The Morgan fingerprint density at radius 2 is 2.11 bits per heavy atom. The molecule has 0 aliphatic heterocycles. The molecule has 8 heteroatoms. The molecule has 1 unspecified atom stereocenters. The minimum Gasteiger partial charge on any atom is -0.323 e. The van der Waals surface area contributed by atoms with Gasteiger partial charge in [0.05, 0.1) is 4.90 Å². The highest BCUT2D eigenvalue weighted by Gasteiger charge is 2.08. The molecule has 0 amide bonds. The van der Waals surface area contributed by atoms with E-state index in [1.807, 2.05) is 20.0 Å². The van der Waals surface area contributed by atoms with Crippen molar-refractivity contribution in [2.75, 3.05) is 5.32 Å². The Kier molecular flexibility index (Phi) is 3.65. The molecule has 0 spiro atoms. The van der Waals surface area contributed by atoms with E-state index < -0.39 is 11.1 Å². The highest BCUT2D eigenvalue weighted by molar-refractivity contribution is 7.79. The van der Waals surface area contributed by atoms with Crippen molar-refractivity contribution in [3.05, 3.63) is 29.0 Å². The molecule has 1 atom stereocenters. The normalized spacial score (nSPS) is 12.4. The number of rotatable bonds is 3. The van der Waals surface area contributed by atoms with Crippen LogP contribution in [0.4, 0.5) is 11.6 Å². The van der Waals surface area contributed by atoms with Gasteiger partial charge in [-0.05, 0) is 19.1 Å². The van der Waals surface area contributed by atoms with Gasteiger partial charge in [-0.25, -0.2) is 9.19 Å². The molecule has 0 saturated heterocycles. The maximum Gasteiger partial charge on any atom is 0.186 e. The van der Waals surface area contributed by atoms with Crippen molar-refractivity contribution >= 4 is 34.3 Å². The Morgan fingerprint density at radius 3 is 2.67 bits per heavy atom. The van der Waals surface area contributed by atoms with Crippen LogP contribution in [0.1, 0.15) is 5.69 Å². The van der Waals surface area contributed by atoms with Gasteiger partial charge in [-0.2, -0.15) is 5.10 Å². The van der Waals surface area contributed by atoms with Gasteiger partial charge in [-0.15, -0.1) is 0 Å². The highest BCUT2D eigenvalue weighted by Crippen LogP contribution is 2.20. The number of hydrogen-bond donors (Lipinski definition) is 2. The zero-order chi connectivity index (χ0) is 13.3. The number of nitrogens with zero attached hydrogens (tertiary/aromatic N) is 3. The summed E-state index contributed by atoms with van der Waals surface area (Å²) in [6.45, 7) is 1.91. The number of anilines is 2. The minimum atomic E-state index is -2.10. The lowest BCUT2D eigenvalue weighted by Gasteiger charge is -2.04. The molecule has 0 aromatic carbocycles. The third-order valence-corrected chi connectivity index (χ3v) is 3.17. The van der Waals surface area contributed by atoms with Crippen LogP contribution in [0.3, 0.4) is 0 Å². The fourth-order valence-corrected chi connectivity index (χ4v) is 2.09. The summed E-state index contributed by atoms with van der Waals surface area (Å²) in [6, 6.07) is 4.62. The van der Waals surface area contributed by atoms with Gasteiger partial charge in [-0.1, -0.05) is 11.6 Å². The third-order valence-electron chi connectivity index (χ3n) is 2.34. The van der Waals surface area contributed by atoms with E-state index in [0.29, 0.717) is 11.6 Å². The summed E-state index contributed by atoms with van der Waals surface area (Å²) in [5, 5.41) is 7.27. The van der Waals surface area contributed by atoms with Gasteiger partial charge >= 0.3 is 0 Å². The molecule has 6 nitrogen and oxygen atoms in total. The quantitative estimate of drug-likeness (QED) is 0.667. The molecule has 0 bridgehead atoms. The number of aromatic nitrogens is 3. The summed E-state index contributed by atoms with van der Waals surface area (Å²) in [7, 11) is 1.82. The lowest BCUT2D eigenvalue weighted by Crippen LogP contribution is -1.99. The monoisotopic (exact) mass is 286 g/mol. The zero-order valence-corrected chi connectivity index (χ0v) is 11.3. The van der Waals surface area contributed by atoms with E-state index in [2.05, 4.69) is 15.4 Å². The first kappa shape index (κ1) is 13.0. The maximum absolute atomic E-state index is 11.0. The first-order valence-corrected chi connectivity index (χ1v) is 6.50. The average molecular weight is 287 g/mol. The predicted molar refractivity (Wildman–Crippen MR) is 69.5 cm³/mol. The Labute approximate surface area is 111 Å². The maximum atomic E-state index is 11.0. The summed E-state index contributed by atoms with van der Waals surface area (Å²) >= 11 is 3.68. The zero-order valence-electron chi connectivity index (χ0n) is 9.72. The lowest BCUT2D eigenvalue weighted by atomic mass is 10.4. The molecule has 0 aliphatic carbocycles. The smallest absolute Gasteiger partial charge is 0.186 e. The van der Waals surface area contributed by atoms with E-state index in [1.165, 1.54) is 12.1 Å². The molecule has 0 aliphatic rings. The SMILES string of the molecule is Cc1cc(Nc2cc(S(=O)O)cc(Cl)n2)nn1C. The number of pyridine rings is 1. The van der Waals surface area contributed by atoms with E-state index in [1.54, 1.807) is 4.68 Å². The molecule has 2 heterocycles. The van der Waals surface area contributed by atoms with Crippen molar-refractivity contribution in [1.82, 2.24) is 14.8 Å². The molecule has 2 aromatic heterocycles. The van der Waals surface area contributed by atoms with Gasteiger partial charge in [0.25, 0.3) is 0 Å². The standard InChI is InChI=1S/C10H11ClN4O2S/c1-6-3-10(14-15(6)2)13-9-5-7(18(16)17)4-8(11)12-9/h3-5H,1-2H3,(H,16,17)(H,12,13,14). The fraction of sp³-hybridized carbons (Fsp3) is 0.200. The van der Waals surface area contributed by atoms with Gasteiger partial charge in [0, 0.05) is 18.8 Å². The summed E-state index contributed by atoms with van der Waals surface area (Å²) in [5.41, 5.74) is 0.977. The Balaban J connectivity index is 2.31. The van der Waals surface area contributed by atoms with Crippen LogP contribution < -0.4 is 5.32 Å². The number of halogens is 1. The van der Waals surface area contributed by atoms with Gasteiger partial charge in [0.1, 0.15) is 11.0 Å². The van der Waals surface area contributed by atoms with Crippen LogP contribution in [0.5, 0.6) is 0 Å². The predicted octanol–water partition coefficient (Wildman–Crippen LogP) is 2.10. The second-order valence-corrected chi connectivity index (χ2v) is 5.04. The van der Waals surface area contributed by atoms with Crippen molar-refractivity contribution in [3.8, 4) is 0 Å². The van der Waals surface area contributed by atoms with Crippen LogP contribution in [0.25, 0.3) is 0 Å². The molecule has 2 rings (SSSR count). The minimum absolute atomic E-state index is 0.144. The average Bonchev–Trinajstić information content (AvgIpc) is 2.56. The van der Waals surface area contributed by atoms with Gasteiger partial charge in [0.15, 0.2) is 16.9 Å². The summed E-state index contributed by atoms with van der Waals surface area (Å²) < 4.78 is 21.7. The van der Waals surface area contributed by atoms with Gasteiger partial charge in [0.2, 0.25) is 0 Å². The second kappa shape index (κ2) is 5.05. The Hall–Kier alpha value is -1.44. The van der Waals surface area contributed by atoms with Crippen molar-refractivity contribution in [2.45, 2.75) is 11.8 Å². The molecule has 96 valence electrons. The van der Waals surface area contributed by atoms with E-state index >= 15 is 0 Å². The topological polar surface area (TPSA) is 80.0 Å². The first-order chi connectivity index (χ1) is 8.45. The van der Waals surface area contributed by atoms with Crippen LogP contribution in [0.2, 0.25) is 5.15 Å².